The number of piperazine rings is 1. The third kappa shape index (κ3) is 2.69. The fourth-order valence-corrected chi connectivity index (χ4v) is 3.67. The molecule has 1 saturated heterocycles. The molecule has 1 atom stereocenters. The van der Waals surface area contributed by atoms with E-state index in [-0.39, 0.29) is 11.9 Å². The number of nitrogens with one attached hydrogen (secondary N) is 1. The van der Waals surface area contributed by atoms with E-state index in [1.807, 2.05) is 28.5 Å². The van der Waals surface area contributed by atoms with Crippen molar-refractivity contribution in [1.29, 1.82) is 0 Å². The van der Waals surface area contributed by atoms with Crippen molar-refractivity contribution in [3.63, 3.8) is 0 Å². The molecule has 0 bridgehead atoms. The molecule has 0 spiro atoms. The molecule has 1 amide bonds. The van der Waals surface area contributed by atoms with Gasteiger partial charge in [-0.05, 0) is 29.1 Å². The summed E-state index contributed by atoms with van der Waals surface area (Å²) in [6.45, 7) is 2.06. The Morgan fingerprint density at radius 2 is 2.13 bits per heavy atom. The fraction of sp³-hybridized carbons (Fsp3) is 0.250. The standard InChI is InChI=1S/C16H15N5OS/c22-16(14-15-12(3-8-23-15)19-10-20-14)21-7-6-18-13(9-21)11-1-4-17-5-2-11/h1-5,8,10,13,18H,6-7,9H2. The molecule has 0 saturated carbocycles. The van der Waals surface area contributed by atoms with Crippen molar-refractivity contribution in [3.8, 4) is 0 Å². The summed E-state index contributed by atoms with van der Waals surface area (Å²) in [5.74, 6) is -0.0274. The van der Waals surface area contributed by atoms with Crippen molar-refractivity contribution in [2.75, 3.05) is 19.6 Å². The Bertz CT molecular complexity index is 835. The molecule has 23 heavy (non-hydrogen) atoms. The maximum atomic E-state index is 12.9. The number of pyridine rings is 1. The second-order valence-electron chi connectivity index (χ2n) is 5.40. The van der Waals surface area contributed by atoms with Crippen molar-refractivity contribution in [2.45, 2.75) is 6.04 Å². The van der Waals surface area contributed by atoms with E-state index in [2.05, 4.69) is 20.3 Å². The minimum atomic E-state index is -0.0274. The Kier molecular flexibility index (Phi) is 3.72. The van der Waals surface area contributed by atoms with E-state index in [1.54, 1.807) is 12.4 Å². The van der Waals surface area contributed by atoms with Gasteiger partial charge in [-0.15, -0.1) is 11.3 Å². The Morgan fingerprint density at radius 1 is 1.26 bits per heavy atom. The molecule has 6 nitrogen and oxygen atoms in total. The molecule has 1 fully saturated rings. The number of carbonyl (C=O) groups is 1. The third-order valence-electron chi connectivity index (χ3n) is 4.02. The lowest BCUT2D eigenvalue weighted by molar-refractivity contribution is 0.0699. The van der Waals surface area contributed by atoms with Gasteiger partial charge in [-0.25, -0.2) is 9.97 Å². The number of aromatic nitrogens is 3. The molecule has 0 radical (unpaired) electrons. The molecule has 116 valence electrons. The van der Waals surface area contributed by atoms with Gasteiger partial charge in [0, 0.05) is 32.0 Å². The van der Waals surface area contributed by atoms with Crippen LogP contribution in [0.15, 0.2) is 42.3 Å². The van der Waals surface area contributed by atoms with Crippen LogP contribution in [-0.2, 0) is 0 Å². The number of nitrogens with zero attached hydrogens (tertiary/aromatic N) is 4. The highest BCUT2D eigenvalue weighted by atomic mass is 32.1. The molecule has 0 aromatic carbocycles. The molecule has 4 rings (SSSR count). The van der Waals surface area contributed by atoms with E-state index < -0.39 is 0 Å². The largest absolute Gasteiger partial charge is 0.334 e. The van der Waals surface area contributed by atoms with Crippen LogP contribution in [0.5, 0.6) is 0 Å². The lowest BCUT2D eigenvalue weighted by Gasteiger charge is -2.33. The van der Waals surface area contributed by atoms with Crippen LogP contribution in [-0.4, -0.2) is 45.4 Å². The fourth-order valence-electron chi connectivity index (χ4n) is 2.84. The smallest absolute Gasteiger partial charge is 0.274 e. The van der Waals surface area contributed by atoms with Gasteiger partial charge in [0.05, 0.1) is 16.3 Å². The molecular weight excluding hydrogens is 310 g/mol. The number of fused-ring (bicyclic) bond motifs is 1. The second kappa shape index (κ2) is 6.02. The molecule has 3 aromatic rings. The molecule has 1 N–H and O–H groups in total. The van der Waals surface area contributed by atoms with Crippen molar-refractivity contribution in [2.24, 2.45) is 0 Å². The highest BCUT2D eigenvalue weighted by Crippen LogP contribution is 2.24. The monoisotopic (exact) mass is 325 g/mol. The molecule has 0 aliphatic carbocycles. The second-order valence-corrected chi connectivity index (χ2v) is 6.31. The van der Waals surface area contributed by atoms with Crippen LogP contribution in [0.1, 0.15) is 22.1 Å². The summed E-state index contributed by atoms with van der Waals surface area (Å²) in [5.41, 5.74) is 2.47. The van der Waals surface area contributed by atoms with Crippen LogP contribution in [0.2, 0.25) is 0 Å². The van der Waals surface area contributed by atoms with Gasteiger partial charge in [-0.3, -0.25) is 9.78 Å². The van der Waals surface area contributed by atoms with Gasteiger partial charge in [0.1, 0.15) is 12.0 Å². The van der Waals surface area contributed by atoms with E-state index in [0.29, 0.717) is 18.8 Å². The SMILES string of the molecule is O=C(c1ncnc2ccsc12)N1CCNC(c2ccncc2)C1. The first-order valence-corrected chi connectivity index (χ1v) is 8.31. The van der Waals surface area contributed by atoms with Crippen LogP contribution in [0.25, 0.3) is 10.2 Å². The molecular formula is C16H15N5OS. The van der Waals surface area contributed by atoms with Crippen LogP contribution < -0.4 is 5.32 Å². The van der Waals surface area contributed by atoms with Gasteiger partial charge in [0.25, 0.3) is 5.91 Å². The predicted molar refractivity (Wildman–Crippen MR) is 88.3 cm³/mol. The summed E-state index contributed by atoms with van der Waals surface area (Å²) in [6.07, 6.45) is 5.01. The van der Waals surface area contributed by atoms with Crippen LogP contribution >= 0.6 is 11.3 Å². The van der Waals surface area contributed by atoms with E-state index in [9.17, 15) is 4.79 Å². The Morgan fingerprint density at radius 3 is 3.00 bits per heavy atom. The Balaban J connectivity index is 1.60. The third-order valence-corrected chi connectivity index (χ3v) is 4.93. The van der Waals surface area contributed by atoms with Crippen LogP contribution in [0.3, 0.4) is 0 Å². The van der Waals surface area contributed by atoms with Gasteiger partial charge in [0.2, 0.25) is 0 Å². The van der Waals surface area contributed by atoms with Crippen molar-refractivity contribution in [1.82, 2.24) is 25.2 Å². The number of amides is 1. The maximum Gasteiger partial charge on any atom is 0.274 e. The first kappa shape index (κ1) is 14.2. The number of hydrogen-bond acceptors (Lipinski definition) is 6. The summed E-state index contributed by atoms with van der Waals surface area (Å²) < 4.78 is 0.858. The van der Waals surface area contributed by atoms with Crippen molar-refractivity contribution in [3.05, 3.63) is 53.6 Å². The van der Waals surface area contributed by atoms with E-state index in [1.165, 1.54) is 17.7 Å². The summed E-state index contributed by atoms with van der Waals surface area (Å²) in [6, 6.07) is 5.99. The predicted octanol–water partition coefficient (Wildman–Crippen LogP) is 1.87. The van der Waals surface area contributed by atoms with Crippen molar-refractivity contribution >= 4 is 27.5 Å². The van der Waals surface area contributed by atoms with E-state index in [0.717, 1.165) is 22.3 Å². The molecule has 4 heterocycles. The summed E-state index contributed by atoms with van der Waals surface area (Å²) in [5, 5.41) is 5.39. The molecule has 1 aliphatic heterocycles. The molecule has 3 aromatic heterocycles. The normalized spacial score (nSPS) is 18.3. The number of carbonyl (C=O) groups excluding carboxylic acids is 1. The zero-order chi connectivity index (χ0) is 15.6. The topological polar surface area (TPSA) is 71.0 Å². The highest BCUT2D eigenvalue weighted by Gasteiger charge is 2.27. The van der Waals surface area contributed by atoms with Gasteiger partial charge in [0.15, 0.2) is 0 Å². The maximum absolute atomic E-state index is 12.9. The van der Waals surface area contributed by atoms with Crippen LogP contribution in [0.4, 0.5) is 0 Å². The number of thiophene rings is 1. The minimum Gasteiger partial charge on any atom is -0.334 e. The van der Waals surface area contributed by atoms with E-state index >= 15 is 0 Å². The minimum absolute atomic E-state index is 0.0274. The van der Waals surface area contributed by atoms with E-state index in [4.69, 9.17) is 0 Å². The molecule has 7 heteroatoms. The van der Waals surface area contributed by atoms with Crippen molar-refractivity contribution < 1.29 is 4.79 Å². The van der Waals surface area contributed by atoms with Gasteiger partial charge in [-0.2, -0.15) is 0 Å². The lowest BCUT2D eigenvalue weighted by Crippen LogP contribution is -2.48. The van der Waals surface area contributed by atoms with Gasteiger partial charge in [-0.1, -0.05) is 0 Å². The zero-order valence-electron chi connectivity index (χ0n) is 12.3. The van der Waals surface area contributed by atoms with Gasteiger partial charge >= 0.3 is 0 Å². The highest BCUT2D eigenvalue weighted by molar-refractivity contribution is 7.17. The number of hydrogen-bond donors (Lipinski definition) is 1. The lowest BCUT2D eigenvalue weighted by atomic mass is 10.1. The summed E-state index contributed by atoms with van der Waals surface area (Å²) in [7, 11) is 0. The summed E-state index contributed by atoms with van der Waals surface area (Å²) >= 11 is 1.51. The Labute approximate surface area is 137 Å². The number of rotatable bonds is 2. The average Bonchev–Trinajstić information content (AvgIpc) is 3.11. The zero-order valence-corrected chi connectivity index (χ0v) is 13.2. The average molecular weight is 325 g/mol. The first-order chi connectivity index (χ1) is 11.3. The molecule has 1 unspecified atom stereocenters. The first-order valence-electron chi connectivity index (χ1n) is 7.44. The van der Waals surface area contributed by atoms with Crippen LogP contribution in [0, 0.1) is 0 Å². The molecule has 1 aliphatic rings. The summed E-state index contributed by atoms with van der Waals surface area (Å²) in [4.78, 5) is 27.2. The van der Waals surface area contributed by atoms with Gasteiger partial charge < -0.3 is 10.2 Å². The Hall–Kier alpha value is -2.38. The quantitative estimate of drug-likeness (QED) is 0.779.